The average molecular weight is 216 g/mol. The van der Waals surface area contributed by atoms with Crippen LogP contribution in [0, 0.1) is 11.7 Å². The molecule has 0 aliphatic carbocycles. The Morgan fingerprint density at radius 3 is 2.12 bits per heavy atom. The third kappa shape index (κ3) is 4.26. The maximum atomic E-state index is 12.7. The second-order valence-corrected chi connectivity index (χ2v) is 3.72. The summed E-state index contributed by atoms with van der Waals surface area (Å²) in [5, 5.41) is 0. The van der Waals surface area contributed by atoms with Gasteiger partial charge in [0.05, 0.1) is 0 Å². The van der Waals surface area contributed by atoms with Crippen molar-refractivity contribution in [3.8, 4) is 0 Å². The van der Waals surface area contributed by atoms with Crippen molar-refractivity contribution in [1.82, 2.24) is 0 Å². The quantitative estimate of drug-likeness (QED) is 0.609. The molecule has 0 bridgehead atoms. The van der Waals surface area contributed by atoms with Gasteiger partial charge in [0.15, 0.2) is 0 Å². The first-order chi connectivity index (χ1) is 7.76. The van der Waals surface area contributed by atoms with Gasteiger partial charge in [-0.25, -0.2) is 4.39 Å². The fourth-order valence-electron chi connectivity index (χ4n) is 1.50. The Morgan fingerprint density at radius 1 is 1.06 bits per heavy atom. The van der Waals surface area contributed by atoms with Gasteiger partial charge >= 0.3 is 0 Å². The summed E-state index contributed by atoms with van der Waals surface area (Å²) < 4.78 is 12.7. The summed E-state index contributed by atoms with van der Waals surface area (Å²) in [4.78, 5) is 0. The molecule has 0 saturated carbocycles. The van der Waals surface area contributed by atoms with E-state index in [0.717, 1.165) is 18.4 Å². The van der Waals surface area contributed by atoms with Crippen LogP contribution < -0.4 is 0 Å². The van der Waals surface area contributed by atoms with E-state index in [4.69, 9.17) is 0 Å². The fourth-order valence-corrected chi connectivity index (χ4v) is 1.50. The Balaban J connectivity index is 2.65. The van der Waals surface area contributed by atoms with Crippen molar-refractivity contribution < 1.29 is 4.39 Å². The number of benzene rings is 1. The molecule has 1 aromatic rings. The van der Waals surface area contributed by atoms with Crippen LogP contribution in [0.25, 0.3) is 6.08 Å². The third-order valence-corrected chi connectivity index (χ3v) is 2.37. The minimum atomic E-state index is -0.203. The summed E-state index contributed by atoms with van der Waals surface area (Å²) in [6, 6.07) is 6.47. The standard InChI is InChI=1S/C15H17F/c1-3-5-13(6-4-2)7-8-14-9-11-15(16)12-10-14/h3-4,7-13H,1-2,5-6H2. The minimum absolute atomic E-state index is 0.203. The van der Waals surface area contributed by atoms with Crippen molar-refractivity contribution in [3.63, 3.8) is 0 Å². The van der Waals surface area contributed by atoms with Gasteiger partial charge < -0.3 is 0 Å². The highest BCUT2D eigenvalue weighted by Gasteiger charge is 1.99. The van der Waals surface area contributed by atoms with Crippen LogP contribution in [0.3, 0.4) is 0 Å². The van der Waals surface area contributed by atoms with E-state index in [1.165, 1.54) is 12.1 Å². The van der Waals surface area contributed by atoms with Crippen molar-refractivity contribution in [2.45, 2.75) is 12.8 Å². The maximum absolute atomic E-state index is 12.7. The Hall–Kier alpha value is -1.63. The van der Waals surface area contributed by atoms with E-state index in [2.05, 4.69) is 19.2 Å². The molecule has 0 aliphatic heterocycles. The van der Waals surface area contributed by atoms with Crippen LogP contribution in [0.1, 0.15) is 18.4 Å². The van der Waals surface area contributed by atoms with Crippen molar-refractivity contribution in [2.75, 3.05) is 0 Å². The van der Waals surface area contributed by atoms with E-state index < -0.39 is 0 Å². The van der Waals surface area contributed by atoms with Crippen LogP contribution in [0.2, 0.25) is 0 Å². The topological polar surface area (TPSA) is 0 Å². The SMILES string of the molecule is C=CCC(C=Cc1ccc(F)cc1)CC=C. The van der Waals surface area contributed by atoms with Crippen LogP contribution in [-0.2, 0) is 0 Å². The normalized spacial score (nSPS) is 10.9. The molecular weight excluding hydrogens is 199 g/mol. The number of allylic oxidation sites excluding steroid dienone is 3. The van der Waals surface area contributed by atoms with Crippen LogP contribution in [-0.4, -0.2) is 0 Å². The number of rotatable bonds is 6. The van der Waals surface area contributed by atoms with Crippen molar-refractivity contribution in [1.29, 1.82) is 0 Å². The molecule has 0 fully saturated rings. The zero-order chi connectivity index (χ0) is 11.8. The van der Waals surface area contributed by atoms with Gasteiger partial charge in [0.25, 0.3) is 0 Å². The van der Waals surface area contributed by atoms with E-state index in [9.17, 15) is 4.39 Å². The van der Waals surface area contributed by atoms with Gasteiger partial charge in [0.2, 0.25) is 0 Å². The highest BCUT2D eigenvalue weighted by atomic mass is 19.1. The Kier molecular flexibility index (Phi) is 5.27. The summed E-state index contributed by atoms with van der Waals surface area (Å²) in [5.74, 6) is 0.228. The molecule has 0 heterocycles. The van der Waals surface area contributed by atoms with Crippen LogP contribution in [0.15, 0.2) is 55.7 Å². The predicted octanol–water partition coefficient (Wildman–Crippen LogP) is 4.61. The molecule has 0 saturated heterocycles. The first kappa shape index (κ1) is 12.4. The van der Waals surface area contributed by atoms with E-state index in [1.807, 2.05) is 18.2 Å². The summed E-state index contributed by atoms with van der Waals surface area (Å²) in [6.45, 7) is 7.46. The zero-order valence-electron chi connectivity index (χ0n) is 9.40. The van der Waals surface area contributed by atoms with Crippen molar-refractivity contribution in [2.24, 2.45) is 5.92 Å². The summed E-state index contributed by atoms with van der Waals surface area (Å²) >= 11 is 0. The fraction of sp³-hybridized carbons (Fsp3) is 0.200. The molecule has 0 atom stereocenters. The Bertz CT molecular complexity index is 350. The molecule has 84 valence electrons. The lowest BCUT2D eigenvalue weighted by Gasteiger charge is -2.06. The molecule has 0 aliphatic rings. The number of hydrogen-bond donors (Lipinski definition) is 0. The van der Waals surface area contributed by atoms with Crippen LogP contribution in [0.4, 0.5) is 4.39 Å². The monoisotopic (exact) mass is 216 g/mol. The van der Waals surface area contributed by atoms with Gasteiger partial charge in [-0.15, -0.1) is 13.2 Å². The molecule has 0 amide bonds. The molecule has 0 unspecified atom stereocenters. The van der Waals surface area contributed by atoms with Gasteiger partial charge in [0.1, 0.15) is 5.82 Å². The van der Waals surface area contributed by atoms with Crippen molar-refractivity contribution in [3.05, 3.63) is 67.0 Å². The Labute approximate surface area is 96.8 Å². The zero-order valence-corrected chi connectivity index (χ0v) is 9.40. The highest BCUT2D eigenvalue weighted by molar-refractivity contribution is 5.49. The Morgan fingerprint density at radius 2 is 1.62 bits per heavy atom. The molecule has 16 heavy (non-hydrogen) atoms. The van der Waals surface area contributed by atoms with E-state index in [0.29, 0.717) is 5.92 Å². The molecule has 1 heteroatoms. The molecule has 0 spiro atoms. The van der Waals surface area contributed by atoms with E-state index >= 15 is 0 Å². The highest BCUT2D eigenvalue weighted by Crippen LogP contribution is 2.14. The van der Waals surface area contributed by atoms with Gasteiger partial charge in [0, 0.05) is 0 Å². The second-order valence-electron chi connectivity index (χ2n) is 3.72. The number of halogens is 1. The molecular formula is C15H17F. The molecule has 0 radical (unpaired) electrons. The molecule has 0 nitrogen and oxygen atoms in total. The lowest BCUT2D eigenvalue weighted by atomic mass is 10.00. The molecule has 0 N–H and O–H groups in total. The molecule has 0 aromatic heterocycles. The average Bonchev–Trinajstić information content (AvgIpc) is 2.29. The lowest BCUT2D eigenvalue weighted by Crippen LogP contribution is -1.91. The smallest absolute Gasteiger partial charge is 0.123 e. The van der Waals surface area contributed by atoms with Gasteiger partial charge in [-0.1, -0.05) is 36.4 Å². The lowest BCUT2D eigenvalue weighted by molar-refractivity contribution is 0.627. The second kappa shape index (κ2) is 6.78. The summed E-state index contributed by atoms with van der Waals surface area (Å²) in [5.41, 5.74) is 1.01. The summed E-state index contributed by atoms with van der Waals surface area (Å²) in [6.07, 6.45) is 9.81. The van der Waals surface area contributed by atoms with Gasteiger partial charge in [-0.05, 0) is 36.5 Å². The molecule has 1 rings (SSSR count). The largest absolute Gasteiger partial charge is 0.207 e. The maximum Gasteiger partial charge on any atom is 0.123 e. The number of hydrogen-bond acceptors (Lipinski definition) is 0. The van der Waals surface area contributed by atoms with Crippen LogP contribution in [0.5, 0.6) is 0 Å². The third-order valence-electron chi connectivity index (χ3n) is 2.37. The van der Waals surface area contributed by atoms with E-state index in [1.54, 1.807) is 12.1 Å². The van der Waals surface area contributed by atoms with Crippen molar-refractivity contribution >= 4 is 6.08 Å². The van der Waals surface area contributed by atoms with Gasteiger partial charge in [-0.2, -0.15) is 0 Å². The first-order valence-electron chi connectivity index (χ1n) is 5.42. The minimum Gasteiger partial charge on any atom is -0.207 e. The van der Waals surface area contributed by atoms with Crippen LogP contribution >= 0.6 is 0 Å². The molecule has 1 aromatic carbocycles. The first-order valence-corrected chi connectivity index (χ1v) is 5.42. The summed E-state index contributed by atoms with van der Waals surface area (Å²) in [7, 11) is 0. The van der Waals surface area contributed by atoms with E-state index in [-0.39, 0.29) is 5.82 Å². The predicted molar refractivity (Wildman–Crippen MR) is 68.6 cm³/mol. The van der Waals surface area contributed by atoms with Gasteiger partial charge in [-0.3, -0.25) is 0 Å².